The van der Waals surface area contributed by atoms with Crippen molar-refractivity contribution in [3.05, 3.63) is 40.3 Å². The van der Waals surface area contributed by atoms with Crippen LogP contribution in [0.5, 0.6) is 0 Å². The molecule has 120 valence electrons. The zero-order valence-electron chi connectivity index (χ0n) is 12.1. The third-order valence-electron chi connectivity index (χ3n) is 3.07. The SMILES string of the molecule is CC(C)[C@H](NC(=O)Cn1ccc(C(F)(F)F)n1)c1cccs1. The summed E-state index contributed by atoms with van der Waals surface area (Å²) in [4.78, 5) is 13.0. The van der Waals surface area contributed by atoms with E-state index in [1.807, 2.05) is 31.4 Å². The smallest absolute Gasteiger partial charge is 0.347 e. The normalized spacial score (nSPS) is 13.4. The van der Waals surface area contributed by atoms with Crippen molar-refractivity contribution in [2.24, 2.45) is 5.92 Å². The number of hydrogen-bond acceptors (Lipinski definition) is 3. The third-order valence-corrected chi connectivity index (χ3v) is 4.02. The lowest BCUT2D eigenvalue weighted by atomic mass is 10.0. The highest BCUT2D eigenvalue weighted by Gasteiger charge is 2.33. The van der Waals surface area contributed by atoms with E-state index >= 15 is 0 Å². The molecule has 0 spiro atoms. The van der Waals surface area contributed by atoms with Crippen molar-refractivity contribution in [3.63, 3.8) is 0 Å². The van der Waals surface area contributed by atoms with Crippen molar-refractivity contribution in [2.75, 3.05) is 0 Å². The molecule has 2 aromatic heterocycles. The second kappa shape index (κ2) is 6.51. The fourth-order valence-electron chi connectivity index (χ4n) is 2.00. The van der Waals surface area contributed by atoms with Crippen LogP contribution in [-0.4, -0.2) is 15.7 Å². The first kappa shape index (κ1) is 16.5. The summed E-state index contributed by atoms with van der Waals surface area (Å²) in [5.74, 6) is -0.199. The molecule has 0 aliphatic carbocycles. The van der Waals surface area contributed by atoms with Gasteiger partial charge in [-0.15, -0.1) is 11.3 Å². The zero-order valence-corrected chi connectivity index (χ0v) is 12.9. The highest BCUT2D eigenvalue weighted by molar-refractivity contribution is 7.10. The number of nitrogens with zero attached hydrogens (tertiary/aromatic N) is 2. The minimum absolute atomic E-state index is 0.162. The molecule has 0 saturated heterocycles. The Bertz CT molecular complexity index is 620. The lowest BCUT2D eigenvalue weighted by molar-refractivity contribution is -0.141. The molecule has 0 bridgehead atoms. The summed E-state index contributed by atoms with van der Waals surface area (Å²) in [6.07, 6.45) is -3.35. The molecule has 0 fully saturated rings. The minimum Gasteiger partial charge on any atom is -0.347 e. The Kier molecular flexibility index (Phi) is 4.90. The van der Waals surface area contributed by atoms with Crippen molar-refractivity contribution in [2.45, 2.75) is 32.6 Å². The van der Waals surface area contributed by atoms with E-state index in [9.17, 15) is 18.0 Å². The molecular weight excluding hydrogens is 315 g/mol. The summed E-state index contributed by atoms with van der Waals surface area (Å²) >= 11 is 1.53. The Balaban J connectivity index is 2.01. The maximum atomic E-state index is 12.5. The maximum Gasteiger partial charge on any atom is 0.435 e. The molecule has 2 heterocycles. The molecule has 22 heavy (non-hydrogen) atoms. The molecule has 1 amide bonds. The molecule has 2 aromatic rings. The molecule has 0 saturated carbocycles. The predicted molar refractivity (Wildman–Crippen MR) is 77.3 cm³/mol. The lowest BCUT2D eigenvalue weighted by Gasteiger charge is -2.21. The van der Waals surface area contributed by atoms with Crippen LogP contribution >= 0.6 is 11.3 Å². The molecule has 0 aliphatic rings. The van der Waals surface area contributed by atoms with E-state index in [0.717, 1.165) is 21.8 Å². The van der Waals surface area contributed by atoms with E-state index in [-0.39, 0.29) is 24.4 Å². The Labute approximate surface area is 129 Å². The van der Waals surface area contributed by atoms with E-state index in [0.29, 0.717) is 0 Å². The van der Waals surface area contributed by atoms with Gasteiger partial charge in [0.25, 0.3) is 0 Å². The van der Waals surface area contributed by atoms with Crippen LogP contribution in [0.25, 0.3) is 0 Å². The summed E-state index contributed by atoms with van der Waals surface area (Å²) in [5.41, 5.74) is -1.00. The zero-order chi connectivity index (χ0) is 16.3. The number of hydrogen-bond donors (Lipinski definition) is 1. The van der Waals surface area contributed by atoms with Gasteiger partial charge >= 0.3 is 6.18 Å². The molecular formula is C14H16F3N3OS. The quantitative estimate of drug-likeness (QED) is 0.912. The number of amides is 1. The van der Waals surface area contributed by atoms with Gasteiger partial charge in [0.2, 0.25) is 5.91 Å². The average Bonchev–Trinajstić information content (AvgIpc) is 3.05. The van der Waals surface area contributed by atoms with E-state index in [4.69, 9.17) is 0 Å². The van der Waals surface area contributed by atoms with E-state index in [1.54, 1.807) is 0 Å². The van der Waals surface area contributed by atoms with Crippen LogP contribution in [-0.2, 0) is 17.5 Å². The van der Waals surface area contributed by atoms with Gasteiger partial charge in [-0.05, 0) is 23.4 Å². The largest absolute Gasteiger partial charge is 0.435 e. The number of carbonyl (C=O) groups excluding carboxylic acids is 1. The molecule has 0 radical (unpaired) electrons. The second-order valence-electron chi connectivity index (χ2n) is 5.20. The van der Waals surface area contributed by atoms with Crippen LogP contribution in [0.2, 0.25) is 0 Å². The van der Waals surface area contributed by atoms with Crippen molar-refractivity contribution >= 4 is 17.2 Å². The summed E-state index contributed by atoms with van der Waals surface area (Å²) in [6.45, 7) is 3.70. The molecule has 0 aromatic carbocycles. The standard InChI is InChI=1S/C14H16F3N3OS/c1-9(2)13(10-4-3-7-22-10)18-12(21)8-20-6-5-11(19-20)14(15,16)17/h3-7,9,13H,8H2,1-2H3,(H,18,21)/t13-/m0/s1. The Morgan fingerprint density at radius 1 is 1.41 bits per heavy atom. The number of nitrogens with one attached hydrogen (secondary N) is 1. The molecule has 0 unspecified atom stereocenters. The molecule has 1 N–H and O–H groups in total. The Hall–Kier alpha value is -1.83. The van der Waals surface area contributed by atoms with Gasteiger partial charge in [-0.1, -0.05) is 19.9 Å². The Morgan fingerprint density at radius 2 is 2.14 bits per heavy atom. The number of carbonyl (C=O) groups is 1. The topological polar surface area (TPSA) is 46.9 Å². The number of alkyl halides is 3. The first-order valence-corrected chi connectivity index (χ1v) is 7.58. The van der Waals surface area contributed by atoms with Crippen LogP contribution in [0, 0.1) is 5.92 Å². The number of aromatic nitrogens is 2. The first-order chi connectivity index (χ1) is 10.3. The molecule has 4 nitrogen and oxygen atoms in total. The molecule has 2 rings (SSSR count). The van der Waals surface area contributed by atoms with Crippen LogP contribution in [0.3, 0.4) is 0 Å². The van der Waals surface area contributed by atoms with Gasteiger partial charge in [-0.2, -0.15) is 18.3 Å². The molecule has 8 heteroatoms. The predicted octanol–water partition coefficient (Wildman–Crippen LogP) is 3.48. The highest BCUT2D eigenvalue weighted by Crippen LogP contribution is 2.27. The fraction of sp³-hybridized carbons (Fsp3) is 0.429. The molecule has 0 aliphatic heterocycles. The van der Waals surface area contributed by atoms with Crippen molar-refractivity contribution in [3.8, 4) is 0 Å². The minimum atomic E-state index is -4.50. The number of thiophene rings is 1. The average molecular weight is 331 g/mol. The van der Waals surface area contributed by atoms with Crippen LogP contribution in [0.15, 0.2) is 29.8 Å². The Morgan fingerprint density at radius 3 is 2.64 bits per heavy atom. The highest BCUT2D eigenvalue weighted by atomic mass is 32.1. The monoisotopic (exact) mass is 331 g/mol. The lowest BCUT2D eigenvalue weighted by Crippen LogP contribution is -2.34. The van der Waals surface area contributed by atoms with Gasteiger partial charge in [-0.25, -0.2) is 0 Å². The summed E-state index contributed by atoms with van der Waals surface area (Å²) in [5, 5.41) is 8.13. The van der Waals surface area contributed by atoms with Gasteiger partial charge < -0.3 is 5.32 Å². The van der Waals surface area contributed by atoms with Crippen LogP contribution in [0.1, 0.15) is 30.5 Å². The van der Waals surface area contributed by atoms with Crippen LogP contribution in [0.4, 0.5) is 13.2 Å². The third kappa shape index (κ3) is 4.09. The van der Waals surface area contributed by atoms with Crippen molar-refractivity contribution in [1.29, 1.82) is 0 Å². The van der Waals surface area contributed by atoms with Crippen molar-refractivity contribution in [1.82, 2.24) is 15.1 Å². The van der Waals surface area contributed by atoms with Gasteiger partial charge in [0.05, 0.1) is 6.04 Å². The van der Waals surface area contributed by atoms with Crippen LogP contribution < -0.4 is 5.32 Å². The first-order valence-electron chi connectivity index (χ1n) is 6.71. The second-order valence-corrected chi connectivity index (χ2v) is 6.18. The van der Waals surface area contributed by atoms with Gasteiger partial charge in [-0.3, -0.25) is 9.48 Å². The van der Waals surface area contributed by atoms with E-state index < -0.39 is 11.9 Å². The van der Waals surface area contributed by atoms with Crippen molar-refractivity contribution < 1.29 is 18.0 Å². The maximum absolute atomic E-state index is 12.5. The summed E-state index contributed by atoms with van der Waals surface area (Å²) in [7, 11) is 0. The number of halogens is 3. The van der Waals surface area contributed by atoms with Gasteiger partial charge in [0, 0.05) is 11.1 Å². The van der Waals surface area contributed by atoms with Gasteiger partial charge in [0.1, 0.15) is 6.54 Å². The number of rotatable bonds is 5. The van der Waals surface area contributed by atoms with E-state index in [1.165, 1.54) is 11.3 Å². The molecule has 1 atom stereocenters. The van der Waals surface area contributed by atoms with E-state index in [2.05, 4.69) is 10.4 Å². The summed E-state index contributed by atoms with van der Waals surface area (Å²) < 4.78 is 38.4. The summed E-state index contributed by atoms with van der Waals surface area (Å²) in [6, 6.07) is 4.51. The van der Waals surface area contributed by atoms with Gasteiger partial charge in [0.15, 0.2) is 5.69 Å². The fourth-order valence-corrected chi connectivity index (χ4v) is 2.95.